The molecule has 3 atom stereocenters. The summed E-state index contributed by atoms with van der Waals surface area (Å²) in [5.74, 6) is 1.36. The highest BCUT2D eigenvalue weighted by Crippen LogP contribution is 2.33. The fourth-order valence-electron chi connectivity index (χ4n) is 3.67. The van der Waals surface area contributed by atoms with Crippen molar-refractivity contribution >= 4 is 16.8 Å². The minimum Gasteiger partial charge on any atom is -0.335 e. The van der Waals surface area contributed by atoms with Crippen molar-refractivity contribution in [2.24, 2.45) is 11.8 Å². The Morgan fingerprint density at radius 3 is 3.15 bits per heavy atom. The average molecular weight is 270 g/mol. The summed E-state index contributed by atoms with van der Waals surface area (Å²) in [5, 5.41) is 11.4. The number of nitrogens with one attached hydrogen (secondary N) is 2. The molecule has 0 saturated carbocycles. The third-order valence-corrected chi connectivity index (χ3v) is 4.88. The van der Waals surface area contributed by atoms with Gasteiger partial charge in [-0.1, -0.05) is 6.07 Å². The van der Waals surface area contributed by atoms with Gasteiger partial charge >= 0.3 is 0 Å². The van der Waals surface area contributed by atoms with Gasteiger partial charge in [0.15, 0.2) is 0 Å². The molecule has 20 heavy (non-hydrogen) atoms. The van der Waals surface area contributed by atoms with Gasteiger partial charge in [-0.05, 0) is 30.9 Å². The number of carbonyl (C=O) groups is 1. The maximum atomic E-state index is 12.7. The molecule has 2 aliphatic heterocycles. The number of fused-ring (bicyclic) bond motifs is 2. The molecule has 0 radical (unpaired) electrons. The van der Waals surface area contributed by atoms with E-state index in [-0.39, 0.29) is 5.91 Å². The summed E-state index contributed by atoms with van der Waals surface area (Å²) < 4.78 is 0. The minimum atomic E-state index is 0.142. The van der Waals surface area contributed by atoms with E-state index < -0.39 is 0 Å². The lowest BCUT2D eigenvalue weighted by Gasteiger charge is -2.24. The van der Waals surface area contributed by atoms with Crippen LogP contribution >= 0.6 is 0 Å². The van der Waals surface area contributed by atoms with E-state index in [1.807, 2.05) is 23.1 Å². The molecule has 2 N–H and O–H groups in total. The Kier molecular flexibility index (Phi) is 2.57. The van der Waals surface area contributed by atoms with Crippen molar-refractivity contribution in [3.63, 3.8) is 0 Å². The Labute approximate surface area is 117 Å². The zero-order chi connectivity index (χ0) is 13.7. The lowest BCUT2D eigenvalue weighted by molar-refractivity contribution is 0.0728. The maximum Gasteiger partial charge on any atom is 0.254 e. The molecule has 0 bridgehead atoms. The molecule has 4 rings (SSSR count). The van der Waals surface area contributed by atoms with Crippen molar-refractivity contribution < 1.29 is 4.79 Å². The van der Waals surface area contributed by atoms with Gasteiger partial charge in [0.25, 0.3) is 5.91 Å². The molecule has 2 aliphatic rings. The fraction of sp³-hybridized carbons (Fsp3) is 0.467. The highest BCUT2D eigenvalue weighted by Gasteiger charge is 2.43. The van der Waals surface area contributed by atoms with Crippen LogP contribution in [0.1, 0.15) is 17.3 Å². The maximum absolute atomic E-state index is 12.7. The first-order chi connectivity index (χ1) is 9.74. The number of carbonyl (C=O) groups excluding carboxylic acids is 1. The SMILES string of the molecule is CC1C2CNCC2CN1C(=O)c1ccc2cn[nH]c2c1. The van der Waals surface area contributed by atoms with Crippen LogP contribution in [0.2, 0.25) is 0 Å². The molecular weight excluding hydrogens is 252 g/mol. The Balaban J connectivity index is 1.63. The molecule has 2 fully saturated rings. The molecule has 0 spiro atoms. The highest BCUT2D eigenvalue weighted by molar-refractivity contribution is 5.98. The number of aromatic nitrogens is 2. The van der Waals surface area contributed by atoms with Crippen molar-refractivity contribution in [3.05, 3.63) is 30.0 Å². The Bertz CT molecular complexity index is 665. The number of aromatic amines is 1. The third-order valence-electron chi connectivity index (χ3n) is 4.88. The monoisotopic (exact) mass is 270 g/mol. The first-order valence-corrected chi connectivity index (χ1v) is 7.19. The second-order valence-electron chi connectivity index (χ2n) is 5.95. The first-order valence-electron chi connectivity index (χ1n) is 7.19. The molecule has 2 saturated heterocycles. The fourth-order valence-corrected chi connectivity index (χ4v) is 3.67. The van der Waals surface area contributed by atoms with Gasteiger partial charge in [-0.2, -0.15) is 5.10 Å². The van der Waals surface area contributed by atoms with E-state index in [1.165, 1.54) is 0 Å². The quantitative estimate of drug-likeness (QED) is 0.819. The number of hydrogen-bond donors (Lipinski definition) is 2. The predicted molar refractivity (Wildman–Crippen MR) is 76.4 cm³/mol. The number of amides is 1. The lowest BCUT2D eigenvalue weighted by atomic mass is 9.95. The van der Waals surface area contributed by atoms with Crippen LogP contribution < -0.4 is 5.32 Å². The van der Waals surface area contributed by atoms with Gasteiger partial charge in [0.1, 0.15) is 0 Å². The summed E-state index contributed by atoms with van der Waals surface area (Å²) in [6.45, 7) is 5.12. The second-order valence-corrected chi connectivity index (χ2v) is 5.95. The van der Waals surface area contributed by atoms with Gasteiger partial charge in [-0.15, -0.1) is 0 Å². The van der Waals surface area contributed by atoms with Gasteiger partial charge < -0.3 is 10.2 Å². The van der Waals surface area contributed by atoms with Crippen LogP contribution in [0.3, 0.4) is 0 Å². The van der Waals surface area contributed by atoms with Crippen LogP contribution in [0, 0.1) is 11.8 Å². The summed E-state index contributed by atoms with van der Waals surface area (Å²) in [7, 11) is 0. The predicted octanol–water partition coefficient (Wildman–Crippen LogP) is 1.24. The van der Waals surface area contributed by atoms with E-state index in [9.17, 15) is 4.79 Å². The van der Waals surface area contributed by atoms with Gasteiger partial charge in [0.05, 0.1) is 11.7 Å². The summed E-state index contributed by atoms with van der Waals surface area (Å²) >= 11 is 0. The molecule has 5 heteroatoms. The summed E-state index contributed by atoms with van der Waals surface area (Å²) in [5.41, 5.74) is 1.67. The number of rotatable bonds is 1. The second kappa shape index (κ2) is 4.31. The molecular formula is C15H18N4O. The van der Waals surface area contributed by atoms with E-state index >= 15 is 0 Å². The third kappa shape index (κ3) is 1.66. The number of nitrogens with zero attached hydrogens (tertiary/aromatic N) is 2. The zero-order valence-electron chi connectivity index (χ0n) is 11.5. The van der Waals surface area contributed by atoms with Crippen LogP contribution in [0.15, 0.2) is 24.4 Å². The van der Waals surface area contributed by atoms with Gasteiger partial charge in [0, 0.05) is 36.6 Å². The molecule has 3 unspecified atom stereocenters. The smallest absolute Gasteiger partial charge is 0.254 e. The van der Waals surface area contributed by atoms with E-state index in [0.29, 0.717) is 17.9 Å². The van der Waals surface area contributed by atoms with Crippen LogP contribution in [-0.4, -0.2) is 46.7 Å². The van der Waals surface area contributed by atoms with E-state index in [1.54, 1.807) is 6.20 Å². The highest BCUT2D eigenvalue weighted by atomic mass is 16.2. The van der Waals surface area contributed by atoms with Crippen LogP contribution in [-0.2, 0) is 0 Å². The van der Waals surface area contributed by atoms with E-state index in [2.05, 4.69) is 22.4 Å². The number of H-pyrrole nitrogens is 1. The lowest BCUT2D eigenvalue weighted by Crippen LogP contribution is -2.38. The van der Waals surface area contributed by atoms with Gasteiger partial charge in [-0.25, -0.2) is 0 Å². The van der Waals surface area contributed by atoms with E-state index in [0.717, 1.165) is 36.1 Å². The number of benzene rings is 1. The van der Waals surface area contributed by atoms with Crippen molar-refractivity contribution in [2.75, 3.05) is 19.6 Å². The molecule has 1 aromatic heterocycles. The Hall–Kier alpha value is -1.88. The van der Waals surface area contributed by atoms with Crippen LogP contribution in [0.25, 0.3) is 10.9 Å². The molecule has 0 aliphatic carbocycles. The molecule has 2 aromatic rings. The summed E-state index contributed by atoms with van der Waals surface area (Å²) in [6, 6.07) is 6.08. The Morgan fingerprint density at radius 1 is 1.40 bits per heavy atom. The van der Waals surface area contributed by atoms with Crippen molar-refractivity contribution in [3.8, 4) is 0 Å². The number of likely N-dealkylation sites (tertiary alicyclic amines) is 1. The van der Waals surface area contributed by atoms with Gasteiger partial charge in [0.2, 0.25) is 0 Å². The number of hydrogen-bond acceptors (Lipinski definition) is 3. The molecule has 1 amide bonds. The normalized spacial score (nSPS) is 29.1. The molecule has 5 nitrogen and oxygen atoms in total. The van der Waals surface area contributed by atoms with Crippen LogP contribution in [0.4, 0.5) is 0 Å². The van der Waals surface area contributed by atoms with Crippen molar-refractivity contribution in [1.82, 2.24) is 20.4 Å². The largest absolute Gasteiger partial charge is 0.335 e. The van der Waals surface area contributed by atoms with Crippen molar-refractivity contribution in [1.29, 1.82) is 0 Å². The van der Waals surface area contributed by atoms with Gasteiger partial charge in [-0.3, -0.25) is 9.89 Å². The average Bonchev–Trinajstić information content (AvgIpc) is 3.15. The topological polar surface area (TPSA) is 61.0 Å². The molecule has 3 heterocycles. The van der Waals surface area contributed by atoms with Crippen molar-refractivity contribution in [2.45, 2.75) is 13.0 Å². The Morgan fingerprint density at radius 2 is 2.30 bits per heavy atom. The summed E-state index contributed by atoms with van der Waals surface area (Å²) in [6.07, 6.45) is 1.78. The standard InChI is InChI=1S/C15H18N4O/c1-9-13-7-16-5-12(13)8-19(9)15(20)10-2-3-11-6-17-18-14(11)4-10/h2-4,6,9,12-13,16H,5,7-8H2,1H3,(H,17,18). The van der Waals surface area contributed by atoms with E-state index in [4.69, 9.17) is 0 Å². The molecule has 1 aromatic carbocycles. The van der Waals surface area contributed by atoms with Crippen LogP contribution in [0.5, 0.6) is 0 Å². The summed E-state index contributed by atoms with van der Waals surface area (Å²) in [4.78, 5) is 14.8. The molecule has 104 valence electrons. The minimum absolute atomic E-state index is 0.142. The first kappa shape index (κ1) is 11.9. The zero-order valence-corrected chi connectivity index (χ0v) is 11.5.